The van der Waals surface area contributed by atoms with E-state index in [0.29, 0.717) is 19.3 Å². The van der Waals surface area contributed by atoms with Gasteiger partial charge >= 0.3 is 0 Å². The first kappa shape index (κ1) is 69.5. The van der Waals surface area contributed by atoms with E-state index in [-0.39, 0.29) is 18.9 Å². The fourth-order valence-corrected chi connectivity index (χ4v) is 8.66. The predicted molar refractivity (Wildman–Crippen MR) is 308 cm³/mol. The zero-order valence-electron chi connectivity index (χ0n) is 46.9. The highest BCUT2D eigenvalue weighted by molar-refractivity contribution is 5.76. The van der Waals surface area contributed by atoms with E-state index in [0.717, 1.165) is 70.6 Å². The minimum atomic E-state index is -1.80. The number of amides is 1. The van der Waals surface area contributed by atoms with E-state index in [1.165, 1.54) is 64.2 Å². The number of hydrogen-bond donors (Lipinski definition) is 9. The van der Waals surface area contributed by atoms with Crippen LogP contribution in [-0.4, -0.2) is 140 Å². The van der Waals surface area contributed by atoms with Gasteiger partial charge in [-0.15, -0.1) is 0 Å². The van der Waals surface area contributed by atoms with Gasteiger partial charge < -0.3 is 65.1 Å². The lowest BCUT2D eigenvalue weighted by atomic mass is 9.97. The van der Waals surface area contributed by atoms with Crippen LogP contribution >= 0.6 is 0 Å². The Labute approximate surface area is 463 Å². The third kappa shape index (κ3) is 32.9. The highest BCUT2D eigenvalue weighted by Crippen LogP contribution is 2.30. The topological polar surface area (TPSA) is 228 Å². The molecule has 0 spiro atoms. The molecular weight excluding hydrogens is 979 g/mol. The molecule has 12 atom stereocenters. The fourth-order valence-electron chi connectivity index (χ4n) is 8.66. The fraction of sp³-hybridized carbons (Fsp3) is 0.667. The first-order chi connectivity index (χ1) is 37.6. The molecule has 0 aromatic heterocycles. The summed E-state index contributed by atoms with van der Waals surface area (Å²) in [7, 11) is 0. The van der Waals surface area contributed by atoms with Gasteiger partial charge in [0.25, 0.3) is 0 Å². The van der Waals surface area contributed by atoms with Crippen molar-refractivity contribution >= 4 is 5.91 Å². The molecule has 0 aliphatic carbocycles. The molecule has 9 N–H and O–H groups in total. The molecule has 2 saturated heterocycles. The van der Waals surface area contributed by atoms with Crippen LogP contribution in [0.15, 0.2) is 122 Å². The molecule has 2 rings (SSSR count). The van der Waals surface area contributed by atoms with E-state index in [2.05, 4.69) is 122 Å². The van der Waals surface area contributed by atoms with Crippen molar-refractivity contribution in [1.82, 2.24) is 5.32 Å². The van der Waals surface area contributed by atoms with Gasteiger partial charge in [-0.3, -0.25) is 4.79 Å². The average Bonchev–Trinajstić information content (AvgIpc) is 3.44. The highest BCUT2D eigenvalue weighted by atomic mass is 16.7. The number of carbonyl (C=O) groups excluding carboxylic acids is 1. The van der Waals surface area contributed by atoms with Crippen molar-refractivity contribution in [1.29, 1.82) is 0 Å². The van der Waals surface area contributed by atoms with Gasteiger partial charge in [0, 0.05) is 6.42 Å². The van der Waals surface area contributed by atoms with Gasteiger partial charge in [0.1, 0.15) is 48.8 Å². The molecule has 14 nitrogen and oxygen atoms in total. The number of ether oxygens (including phenoxy) is 4. The van der Waals surface area contributed by atoms with Gasteiger partial charge in [0.05, 0.1) is 32.0 Å². The molecule has 12 unspecified atom stereocenters. The van der Waals surface area contributed by atoms with Crippen LogP contribution in [0.1, 0.15) is 174 Å². The molecule has 0 aromatic rings. The third-order valence-electron chi connectivity index (χ3n) is 13.4. The van der Waals surface area contributed by atoms with E-state index in [4.69, 9.17) is 18.9 Å². The van der Waals surface area contributed by atoms with Gasteiger partial charge in [-0.1, -0.05) is 193 Å². The monoisotopic (exact) mass is 1080 g/mol. The minimum absolute atomic E-state index is 0.182. The number of nitrogens with one attached hydrogen (secondary N) is 1. The number of hydrogen-bond acceptors (Lipinski definition) is 13. The largest absolute Gasteiger partial charge is 0.394 e. The minimum Gasteiger partial charge on any atom is -0.394 e. The number of rotatable bonds is 44. The number of aliphatic hydroxyl groups is 8. The Morgan fingerprint density at radius 3 is 1.43 bits per heavy atom. The second-order valence-corrected chi connectivity index (χ2v) is 20.0. The summed E-state index contributed by atoms with van der Waals surface area (Å²) in [5.74, 6) is -0.316. The molecule has 14 heteroatoms. The maximum Gasteiger partial charge on any atom is 0.220 e. The Kier molecular flexibility index (Phi) is 42.6. The van der Waals surface area contributed by atoms with Crippen molar-refractivity contribution in [3.8, 4) is 0 Å². The summed E-state index contributed by atoms with van der Waals surface area (Å²) < 4.78 is 22.7. The summed E-state index contributed by atoms with van der Waals surface area (Å²) in [4.78, 5) is 13.2. The standard InChI is InChI=1S/C63H103NO13/c1-3-5-7-9-11-13-15-17-19-21-23-25-26-27-29-31-33-35-37-39-41-43-45-47-55(68)64-51(52(67)46-44-42-40-38-36-34-32-30-28-24-22-20-18-16-14-12-10-8-6-4-2)50-74-62-60(73)58(71)61(54(49-66)76-62)77-63-59(72)57(70)56(69)53(48-65)75-63/h5,7,11,13,17,19,23,25,27-30,33,35-36,38-39,41,44,46,51-54,56-63,65-67,69-73H,3-4,6,8-10,12,14-16,18,20-22,24,26,31-32,34,37,40,42-43,45,47-50H2,1-2H3,(H,64,68)/b7-5-,13-11-,19-17-,25-23-,29-27-,30-28+,35-33-,38-36+,41-39-,46-44+. The van der Waals surface area contributed by atoms with Crippen LogP contribution in [0.3, 0.4) is 0 Å². The van der Waals surface area contributed by atoms with E-state index in [1.54, 1.807) is 6.08 Å². The van der Waals surface area contributed by atoms with Gasteiger partial charge in [-0.25, -0.2) is 0 Å². The summed E-state index contributed by atoms with van der Waals surface area (Å²) in [5, 5.41) is 87.0. The number of aliphatic hydroxyl groups excluding tert-OH is 8. The van der Waals surface area contributed by atoms with Gasteiger partial charge in [-0.2, -0.15) is 0 Å². The molecule has 2 fully saturated rings. The van der Waals surface area contributed by atoms with Crippen molar-refractivity contribution in [3.05, 3.63) is 122 Å². The Morgan fingerprint density at radius 1 is 0.481 bits per heavy atom. The lowest BCUT2D eigenvalue weighted by Gasteiger charge is -2.46. The number of unbranched alkanes of at least 4 members (excludes halogenated alkanes) is 13. The molecule has 0 aromatic carbocycles. The zero-order valence-corrected chi connectivity index (χ0v) is 46.9. The molecule has 0 bridgehead atoms. The van der Waals surface area contributed by atoms with Gasteiger partial charge in [0.2, 0.25) is 5.91 Å². The molecule has 2 aliphatic heterocycles. The Morgan fingerprint density at radius 2 is 0.909 bits per heavy atom. The second-order valence-electron chi connectivity index (χ2n) is 20.0. The summed E-state index contributed by atoms with van der Waals surface area (Å²) in [6, 6.07) is -0.978. The lowest BCUT2D eigenvalue weighted by molar-refractivity contribution is -0.359. The molecule has 77 heavy (non-hydrogen) atoms. The predicted octanol–water partition coefficient (Wildman–Crippen LogP) is 9.83. The van der Waals surface area contributed by atoms with Crippen LogP contribution in [0, 0.1) is 0 Å². The molecule has 438 valence electrons. The summed E-state index contributed by atoms with van der Waals surface area (Å²) in [5.41, 5.74) is 0. The average molecular weight is 1080 g/mol. The van der Waals surface area contributed by atoms with Crippen LogP contribution in [0.4, 0.5) is 0 Å². The summed E-state index contributed by atoms with van der Waals surface area (Å²) in [6.45, 7) is 2.60. The molecule has 2 heterocycles. The van der Waals surface area contributed by atoms with E-state index < -0.39 is 86.8 Å². The van der Waals surface area contributed by atoms with Crippen molar-refractivity contribution in [2.75, 3.05) is 19.8 Å². The number of carbonyl (C=O) groups is 1. The first-order valence-electron chi connectivity index (χ1n) is 29.3. The maximum atomic E-state index is 13.2. The number of allylic oxidation sites excluding steroid dienone is 19. The van der Waals surface area contributed by atoms with E-state index in [9.17, 15) is 45.6 Å². The molecule has 0 radical (unpaired) electrons. The normalized spacial score (nSPS) is 25.6. The smallest absolute Gasteiger partial charge is 0.220 e. The van der Waals surface area contributed by atoms with Gasteiger partial charge in [0.15, 0.2) is 12.6 Å². The van der Waals surface area contributed by atoms with E-state index in [1.807, 2.05) is 12.2 Å². The van der Waals surface area contributed by atoms with Crippen LogP contribution in [0.2, 0.25) is 0 Å². The summed E-state index contributed by atoms with van der Waals surface area (Å²) in [6.07, 6.45) is 50.9. The summed E-state index contributed by atoms with van der Waals surface area (Å²) >= 11 is 0. The van der Waals surface area contributed by atoms with Crippen molar-refractivity contribution in [2.45, 2.75) is 248 Å². The van der Waals surface area contributed by atoms with Crippen LogP contribution in [0.25, 0.3) is 0 Å². The van der Waals surface area contributed by atoms with Crippen molar-refractivity contribution < 1.29 is 64.6 Å². The lowest BCUT2D eigenvalue weighted by Crippen LogP contribution is -2.65. The molecule has 2 aliphatic rings. The van der Waals surface area contributed by atoms with Crippen molar-refractivity contribution in [2.24, 2.45) is 0 Å². The third-order valence-corrected chi connectivity index (χ3v) is 13.4. The molecular formula is C63H103NO13. The van der Waals surface area contributed by atoms with Crippen LogP contribution in [-0.2, 0) is 23.7 Å². The van der Waals surface area contributed by atoms with E-state index >= 15 is 0 Å². The zero-order chi connectivity index (χ0) is 56.0. The molecule has 1 amide bonds. The quantitative estimate of drug-likeness (QED) is 0.0205. The second kappa shape index (κ2) is 47.2. The van der Waals surface area contributed by atoms with Crippen molar-refractivity contribution in [3.63, 3.8) is 0 Å². The first-order valence-corrected chi connectivity index (χ1v) is 29.3. The maximum absolute atomic E-state index is 13.2. The van der Waals surface area contributed by atoms with Gasteiger partial charge in [-0.05, 0) is 96.3 Å². The highest BCUT2D eigenvalue weighted by Gasteiger charge is 2.51. The molecule has 0 saturated carbocycles. The van der Waals surface area contributed by atoms with Crippen LogP contribution in [0.5, 0.6) is 0 Å². The SMILES string of the molecule is CC/C=C\C/C=C\C/C=C\C/C=C\C/C=C\C/C=C\C/C=C\CCCC(=O)NC(COC1OC(CO)C(OC2OC(CO)C(O)C(O)C2O)C(O)C1O)C(O)/C=C/CC/C=C/CC/C=C/CCCCCCCCCCCC. The Balaban J connectivity index is 1.85. The van der Waals surface area contributed by atoms with Crippen LogP contribution < -0.4 is 5.32 Å². The Hall–Kier alpha value is -3.61. The Bertz CT molecular complexity index is 1750.